The number of amides is 8. The number of benzene rings is 3. The van der Waals surface area contributed by atoms with Gasteiger partial charge in [-0.1, -0.05) is 81.3 Å². The van der Waals surface area contributed by atoms with Gasteiger partial charge in [0.1, 0.15) is 36.3 Å². The van der Waals surface area contributed by atoms with Gasteiger partial charge in [0.05, 0.1) is 43.0 Å². The molecular weight excluding hydrogens is 1130 g/mol. The van der Waals surface area contributed by atoms with Gasteiger partial charge in [-0.3, -0.25) is 43.4 Å². The van der Waals surface area contributed by atoms with Crippen LogP contribution in [0.3, 0.4) is 0 Å². The first-order valence-corrected chi connectivity index (χ1v) is 27.9. The number of aliphatic hydroxyl groups excluding tert-OH is 6. The summed E-state index contributed by atoms with van der Waals surface area (Å²) >= 11 is 0.000659. The van der Waals surface area contributed by atoms with Crippen molar-refractivity contribution in [1.29, 1.82) is 0 Å². The Morgan fingerprint density at radius 3 is 1.99 bits per heavy atom. The molecule has 0 aliphatic carbocycles. The second-order valence-corrected chi connectivity index (χ2v) is 21.6. The average Bonchev–Trinajstić information content (AvgIpc) is 3.09. The van der Waals surface area contributed by atoms with E-state index in [1.54, 1.807) is 0 Å². The Hall–Kier alpha value is -5.99. The van der Waals surface area contributed by atoms with Crippen molar-refractivity contribution in [1.82, 2.24) is 36.4 Å². The van der Waals surface area contributed by atoms with Crippen LogP contribution in [0, 0.1) is 5.92 Å². The molecule has 3 heterocycles. The minimum Gasteiger partial charge on any atom is -0.691 e. The number of nitrogens with two attached hydrogens (primary N) is 1. The van der Waals surface area contributed by atoms with Crippen LogP contribution in [0.4, 0.5) is 0 Å². The molecule has 3 aromatic carbocycles. The summed E-state index contributed by atoms with van der Waals surface area (Å²) in [5.74, 6) is -10.8. The summed E-state index contributed by atoms with van der Waals surface area (Å²) in [5, 5.41) is 104. The van der Waals surface area contributed by atoms with E-state index in [0.29, 0.717) is 0 Å². The first kappa shape index (κ1) is 68.8. The number of hydrogen-bond acceptors (Lipinski definition) is 20. The molecule has 13 atom stereocenters. The van der Waals surface area contributed by atoms with Crippen molar-refractivity contribution < 1.29 is 122 Å². The summed E-state index contributed by atoms with van der Waals surface area (Å²) in [7, 11) is 0. The molecule has 6 rings (SSSR count). The number of aromatic hydroxyl groups is 1. The summed E-state index contributed by atoms with van der Waals surface area (Å²) in [5.41, 5.74) is 9.45. The van der Waals surface area contributed by atoms with Gasteiger partial charge in [0.25, 0.3) is 12.3 Å². The Balaban J connectivity index is 0.0000129. The summed E-state index contributed by atoms with van der Waals surface area (Å²) in [4.78, 5) is 114. The van der Waals surface area contributed by atoms with Crippen LogP contribution in [0.1, 0.15) is 82.4 Å². The number of aliphatic hydroxyl groups is 6. The van der Waals surface area contributed by atoms with Crippen molar-refractivity contribution in [2.24, 2.45) is 11.7 Å². The number of nitrogens with zero attached hydrogens (tertiary/aromatic N) is 2. The molecule has 454 valence electrons. The minimum absolute atomic E-state index is 0. The molecule has 12 unspecified atom stereocenters. The van der Waals surface area contributed by atoms with Gasteiger partial charge in [0, 0.05) is 51.2 Å². The number of primary amides is 1. The van der Waals surface area contributed by atoms with Crippen LogP contribution in [-0.4, -0.2) is 185 Å². The SMILES string of the molecule is CCCCCc1ccc(-c2ccc(CCC(=O)N[C@H]3CC(O)CNC(=O)C4C(O)C(C)CN4C(=O)C(C(O)CC(N)=O)NC(=O)C(C(O)Cc4ccc(O)c(OSOO[O-])c4)NC(=O)C4CC(O)CN4C(=O)C(C(C)O)NC3=O)cc2)cc1.[Na+]. The Morgan fingerprint density at radius 1 is 0.762 bits per heavy atom. The van der Waals surface area contributed by atoms with E-state index in [4.69, 9.17) is 9.92 Å². The van der Waals surface area contributed by atoms with E-state index in [1.807, 2.05) is 24.3 Å². The standard InChI is InChI=1S/C55H74N8O19S.Na/c1-4-5-6-7-30-8-14-33(15-9-30)34-16-10-31(11-17-34)13-19-44(71)58-37-22-35(65)25-57-53(76)48-49(72)28(2)26-63(48)55(78)47(41(69)24-43(56)70)61-52(75)46(40(68)20-32-12-18-39(67)42(21-32)80-83-82-81-79)60-51(74)38-23-36(66)27-62(38)54(77)45(29(3)64)59-50(37)73;/h8-12,14-18,21,28-29,35-38,40-41,45-49,64-69,72,79H,4-7,13,19-20,22-27H2,1-3H3,(H2,56,70)(H,57,76)(H,58,71)(H,59,73)(H,60,74)(H,61,75);/q;+1/p-1/t28?,29?,35?,36?,37-,38?,40?,41?,45?,46?,47?,48?,49?;/m0./s1. The first-order chi connectivity index (χ1) is 39.5. The quantitative estimate of drug-likeness (QED) is 0.0165. The van der Waals surface area contributed by atoms with Crippen molar-refractivity contribution in [3.05, 3.63) is 83.4 Å². The Morgan fingerprint density at radius 2 is 1.37 bits per heavy atom. The maximum absolute atomic E-state index is 14.6. The van der Waals surface area contributed by atoms with E-state index in [2.05, 4.69) is 67.1 Å². The van der Waals surface area contributed by atoms with Crippen molar-refractivity contribution in [3.8, 4) is 22.6 Å². The maximum Gasteiger partial charge on any atom is 1.00 e. The number of β-amino-alcohol motifs (C(OH)–C–C–N with tert-alkyl or cyclic N) is 1. The number of nitrogens with one attached hydrogen (secondary N) is 5. The summed E-state index contributed by atoms with van der Waals surface area (Å²) in [6.45, 7) is 3.11. The molecule has 0 radical (unpaired) electrons. The third-order valence-corrected chi connectivity index (χ3v) is 15.1. The van der Waals surface area contributed by atoms with Gasteiger partial charge in [0.15, 0.2) is 11.5 Å². The van der Waals surface area contributed by atoms with E-state index in [-0.39, 0.29) is 66.0 Å². The van der Waals surface area contributed by atoms with Crippen LogP contribution in [0.5, 0.6) is 11.5 Å². The average molecular weight is 1210 g/mol. The van der Waals surface area contributed by atoms with Crippen molar-refractivity contribution in [3.63, 3.8) is 0 Å². The third-order valence-electron chi connectivity index (χ3n) is 14.8. The molecular formula is C55H73N8NaO19S. The van der Waals surface area contributed by atoms with Gasteiger partial charge in [-0.15, -0.1) is 4.33 Å². The monoisotopic (exact) mass is 1200 g/mol. The van der Waals surface area contributed by atoms with E-state index in [0.717, 1.165) is 71.2 Å². The second-order valence-electron chi connectivity index (χ2n) is 21.2. The Bertz CT molecular complexity index is 2750. The van der Waals surface area contributed by atoms with Crippen molar-refractivity contribution in [2.45, 2.75) is 158 Å². The molecule has 0 bridgehead atoms. The molecule has 3 aliphatic rings. The zero-order valence-electron chi connectivity index (χ0n) is 47.0. The molecule has 0 spiro atoms. The Labute approximate surface area is 510 Å². The molecule has 8 amide bonds. The van der Waals surface area contributed by atoms with Gasteiger partial charge in [-0.2, -0.15) is 0 Å². The van der Waals surface area contributed by atoms with Gasteiger partial charge >= 0.3 is 29.6 Å². The molecule has 27 nitrogen and oxygen atoms in total. The number of fused-ring (bicyclic) bond motifs is 2. The molecule has 3 aromatic rings. The smallest absolute Gasteiger partial charge is 0.691 e. The minimum atomic E-state index is -2.20. The van der Waals surface area contributed by atoms with Crippen LogP contribution in [-0.2, 0) is 67.0 Å². The number of carbonyl (C=O) groups excluding carboxylic acids is 8. The Kier molecular flexibility index (Phi) is 26.6. The second kappa shape index (κ2) is 32.5. The zero-order valence-corrected chi connectivity index (χ0v) is 49.8. The fraction of sp³-hybridized carbons (Fsp3) is 0.527. The summed E-state index contributed by atoms with van der Waals surface area (Å²) < 4.78 is 9.14. The van der Waals surface area contributed by atoms with E-state index in [1.165, 1.54) is 18.6 Å². The topological polar surface area (TPSA) is 422 Å². The first-order valence-electron chi connectivity index (χ1n) is 27.3. The molecule has 3 aliphatic heterocycles. The largest absolute Gasteiger partial charge is 1.00 e. The number of unbranched alkanes of at least 4 members (excludes halogenated alkanes) is 2. The van der Waals surface area contributed by atoms with E-state index < -0.39 is 177 Å². The molecule has 29 heteroatoms. The van der Waals surface area contributed by atoms with Crippen LogP contribution in [0.2, 0.25) is 0 Å². The zero-order chi connectivity index (χ0) is 60.7. The van der Waals surface area contributed by atoms with Crippen LogP contribution < -0.4 is 71.3 Å². The summed E-state index contributed by atoms with van der Waals surface area (Å²) in [6.07, 6.45) is -8.98. The molecule has 3 fully saturated rings. The van der Waals surface area contributed by atoms with E-state index >= 15 is 0 Å². The third kappa shape index (κ3) is 18.8. The fourth-order valence-electron chi connectivity index (χ4n) is 10.2. The number of carbonyl (C=O) groups is 8. The molecule has 3 saturated heterocycles. The number of hydrogen-bond donors (Lipinski definition) is 13. The van der Waals surface area contributed by atoms with Crippen LogP contribution >= 0.6 is 12.3 Å². The predicted molar refractivity (Wildman–Crippen MR) is 291 cm³/mol. The maximum atomic E-state index is 14.6. The molecule has 0 aromatic heterocycles. The molecule has 14 N–H and O–H groups in total. The number of phenols is 1. The van der Waals surface area contributed by atoms with Gasteiger partial charge in [0.2, 0.25) is 47.3 Å². The van der Waals surface area contributed by atoms with Gasteiger partial charge in [-0.05, 0) is 66.1 Å². The predicted octanol–water partition coefficient (Wildman–Crippen LogP) is -5.90. The van der Waals surface area contributed by atoms with Crippen LogP contribution in [0.25, 0.3) is 11.1 Å². The number of aryl methyl sites for hydroxylation is 2. The molecule has 84 heavy (non-hydrogen) atoms. The fourth-order valence-corrected chi connectivity index (χ4v) is 10.5. The van der Waals surface area contributed by atoms with Gasteiger partial charge < -0.3 is 87.3 Å². The summed E-state index contributed by atoms with van der Waals surface area (Å²) in [6, 6.07) is 7.84. The van der Waals surface area contributed by atoms with Crippen molar-refractivity contribution >= 4 is 59.6 Å². The van der Waals surface area contributed by atoms with E-state index in [9.17, 15) is 79.4 Å². The normalized spacial score (nSPS) is 25.7. The number of rotatable bonds is 20. The molecule has 0 saturated carbocycles. The van der Waals surface area contributed by atoms with Gasteiger partial charge in [-0.25, -0.2) is 0 Å². The van der Waals surface area contributed by atoms with Crippen molar-refractivity contribution in [2.75, 3.05) is 19.6 Å². The van der Waals surface area contributed by atoms with Crippen LogP contribution in [0.15, 0.2) is 66.7 Å². The number of phenolic OH excluding ortho intramolecular Hbond substituents is 1.